The van der Waals surface area contributed by atoms with Crippen molar-refractivity contribution in [2.24, 2.45) is 0 Å². The molecule has 0 bridgehead atoms. The number of fused-ring (bicyclic) bond motifs is 1. The van der Waals surface area contributed by atoms with Crippen molar-refractivity contribution in [3.05, 3.63) is 47.2 Å². The van der Waals surface area contributed by atoms with E-state index < -0.39 is 0 Å². The van der Waals surface area contributed by atoms with E-state index in [1.807, 2.05) is 6.20 Å². The van der Waals surface area contributed by atoms with Gasteiger partial charge in [0.1, 0.15) is 5.82 Å². The maximum Gasteiger partial charge on any atom is 0.127 e. The molecule has 1 unspecified atom stereocenters. The lowest BCUT2D eigenvalue weighted by Crippen LogP contribution is -2.24. The Labute approximate surface area is 114 Å². The molecule has 1 aliphatic rings. The SMILES string of the molecule is Cc1cnn2c1NCCC2c1ccc(C(C)C)cc1. The highest BCUT2D eigenvalue weighted by molar-refractivity contribution is 5.46. The van der Waals surface area contributed by atoms with Crippen molar-refractivity contribution in [2.75, 3.05) is 11.9 Å². The number of aromatic nitrogens is 2. The molecule has 1 aromatic heterocycles. The van der Waals surface area contributed by atoms with Crippen molar-refractivity contribution in [1.29, 1.82) is 0 Å². The first-order chi connectivity index (χ1) is 9.16. The minimum absolute atomic E-state index is 0.367. The van der Waals surface area contributed by atoms with Crippen LogP contribution in [0.2, 0.25) is 0 Å². The summed E-state index contributed by atoms with van der Waals surface area (Å²) in [5.41, 5.74) is 3.98. The van der Waals surface area contributed by atoms with E-state index in [-0.39, 0.29) is 0 Å². The van der Waals surface area contributed by atoms with Crippen LogP contribution in [-0.4, -0.2) is 16.3 Å². The molecule has 100 valence electrons. The van der Waals surface area contributed by atoms with Gasteiger partial charge in [-0.05, 0) is 30.4 Å². The molecule has 1 atom stereocenters. The first-order valence-corrected chi connectivity index (χ1v) is 7.04. The van der Waals surface area contributed by atoms with Gasteiger partial charge >= 0.3 is 0 Å². The van der Waals surface area contributed by atoms with Gasteiger partial charge in [0, 0.05) is 12.1 Å². The topological polar surface area (TPSA) is 29.9 Å². The van der Waals surface area contributed by atoms with Gasteiger partial charge in [0.15, 0.2) is 0 Å². The molecule has 0 fully saturated rings. The Balaban J connectivity index is 1.95. The van der Waals surface area contributed by atoms with Crippen molar-refractivity contribution in [3.63, 3.8) is 0 Å². The van der Waals surface area contributed by atoms with Gasteiger partial charge in [-0.15, -0.1) is 0 Å². The Bertz CT molecular complexity index is 566. The molecule has 2 heterocycles. The third kappa shape index (κ3) is 2.14. The summed E-state index contributed by atoms with van der Waals surface area (Å²) in [7, 11) is 0. The van der Waals surface area contributed by atoms with Gasteiger partial charge in [0.2, 0.25) is 0 Å². The van der Waals surface area contributed by atoms with Gasteiger partial charge in [-0.3, -0.25) is 0 Å². The lowest BCUT2D eigenvalue weighted by Gasteiger charge is -2.26. The van der Waals surface area contributed by atoms with Crippen LogP contribution < -0.4 is 5.32 Å². The molecule has 3 heteroatoms. The van der Waals surface area contributed by atoms with Crippen molar-refractivity contribution in [3.8, 4) is 0 Å². The number of rotatable bonds is 2. The van der Waals surface area contributed by atoms with E-state index in [0.29, 0.717) is 12.0 Å². The summed E-state index contributed by atoms with van der Waals surface area (Å²) in [6, 6.07) is 9.38. The van der Waals surface area contributed by atoms with Gasteiger partial charge in [-0.2, -0.15) is 5.10 Å². The molecule has 0 saturated carbocycles. The maximum atomic E-state index is 4.53. The van der Waals surface area contributed by atoms with E-state index in [4.69, 9.17) is 0 Å². The van der Waals surface area contributed by atoms with E-state index in [0.717, 1.165) is 13.0 Å². The lowest BCUT2D eigenvalue weighted by atomic mass is 9.97. The number of benzene rings is 1. The smallest absolute Gasteiger partial charge is 0.127 e. The second-order valence-corrected chi connectivity index (χ2v) is 5.67. The largest absolute Gasteiger partial charge is 0.370 e. The lowest BCUT2D eigenvalue weighted by molar-refractivity contribution is 0.481. The predicted molar refractivity (Wildman–Crippen MR) is 78.7 cm³/mol. The van der Waals surface area contributed by atoms with Crippen LogP contribution in [0.15, 0.2) is 30.5 Å². The predicted octanol–water partition coefficient (Wildman–Crippen LogP) is 3.72. The first-order valence-electron chi connectivity index (χ1n) is 7.04. The Morgan fingerprint density at radius 3 is 2.68 bits per heavy atom. The zero-order valence-electron chi connectivity index (χ0n) is 11.9. The van der Waals surface area contributed by atoms with Crippen LogP contribution in [-0.2, 0) is 0 Å². The summed E-state index contributed by atoms with van der Waals surface area (Å²) in [4.78, 5) is 0. The number of anilines is 1. The first kappa shape index (κ1) is 12.3. The van der Waals surface area contributed by atoms with Gasteiger partial charge in [0.25, 0.3) is 0 Å². The average Bonchev–Trinajstić information content (AvgIpc) is 2.81. The number of nitrogens with one attached hydrogen (secondary N) is 1. The molecule has 3 rings (SSSR count). The van der Waals surface area contributed by atoms with Gasteiger partial charge in [-0.1, -0.05) is 38.1 Å². The number of hydrogen-bond donors (Lipinski definition) is 1. The standard InChI is InChI=1S/C16H21N3/c1-11(2)13-4-6-14(7-5-13)15-8-9-17-16-12(3)10-18-19(15)16/h4-7,10-11,15,17H,8-9H2,1-3H3. The van der Waals surface area contributed by atoms with E-state index in [9.17, 15) is 0 Å². The normalized spacial score (nSPS) is 18.2. The fraction of sp³-hybridized carbons (Fsp3) is 0.438. The van der Waals surface area contributed by atoms with Crippen LogP contribution in [0.4, 0.5) is 5.82 Å². The zero-order valence-corrected chi connectivity index (χ0v) is 11.9. The second kappa shape index (κ2) is 4.72. The number of hydrogen-bond acceptors (Lipinski definition) is 2. The molecular weight excluding hydrogens is 234 g/mol. The fourth-order valence-electron chi connectivity index (χ4n) is 2.77. The van der Waals surface area contributed by atoms with Crippen LogP contribution in [0.25, 0.3) is 0 Å². The Hall–Kier alpha value is -1.77. The molecule has 2 aromatic rings. The summed E-state index contributed by atoms with van der Waals surface area (Å²) in [6.45, 7) is 7.59. The van der Waals surface area contributed by atoms with Crippen LogP contribution in [0.1, 0.15) is 48.9 Å². The Morgan fingerprint density at radius 1 is 1.26 bits per heavy atom. The second-order valence-electron chi connectivity index (χ2n) is 5.67. The number of nitrogens with zero attached hydrogens (tertiary/aromatic N) is 2. The molecule has 0 spiro atoms. The summed E-state index contributed by atoms with van der Waals surface area (Å²) in [5, 5.41) is 7.97. The fourth-order valence-corrected chi connectivity index (χ4v) is 2.77. The van der Waals surface area contributed by atoms with Crippen LogP contribution >= 0.6 is 0 Å². The van der Waals surface area contributed by atoms with Crippen molar-refractivity contribution in [1.82, 2.24) is 9.78 Å². The summed E-state index contributed by atoms with van der Waals surface area (Å²) >= 11 is 0. The Morgan fingerprint density at radius 2 is 2.00 bits per heavy atom. The molecule has 0 aliphatic carbocycles. The average molecular weight is 255 g/mol. The molecule has 0 saturated heterocycles. The van der Waals surface area contributed by atoms with Crippen LogP contribution in [0.3, 0.4) is 0 Å². The number of aryl methyl sites for hydroxylation is 1. The van der Waals surface area contributed by atoms with Crippen LogP contribution in [0.5, 0.6) is 0 Å². The minimum Gasteiger partial charge on any atom is -0.370 e. The summed E-state index contributed by atoms with van der Waals surface area (Å²) < 4.78 is 2.13. The molecule has 1 N–H and O–H groups in total. The molecule has 0 amide bonds. The van der Waals surface area contributed by atoms with Crippen LogP contribution in [0, 0.1) is 6.92 Å². The van der Waals surface area contributed by atoms with E-state index in [1.54, 1.807) is 0 Å². The quantitative estimate of drug-likeness (QED) is 0.886. The molecule has 1 aromatic carbocycles. The highest BCUT2D eigenvalue weighted by Gasteiger charge is 2.23. The van der Waals surface area contributed by atoms with Crippen molar-refractivity contribution in [2.45, 2.75) is 39.2 Å². The van der Waals surface area contributed by atoms with E-state index in [1.165, 1.54) is 22.5 Å². The highest BCUT2D eigenvalue weighted by Crippen LogP contribution is 2.31. The highest BCUT2D eigenvalue weighted by atomic mass is 15.4. The third-order valence-corrected chi connectivity index (χ3v) is 3.97. The zero-order chi connectivity index (χ0) is 13.4. The summed E-state index contributed by atoms with van der Waals surface area (Å²) in [5.74, 6) is 1.76. The minimum atomic E-state index is 0.367. The van der Waals surface area contributed by atoms with Crippen molar-refractivity contribution >= 4 is 5.82 Å². The van der Waals surface area contributed by atoms with Gasteiger partial charge < -0.3 is 5.32 Å². The maximum absolute atomic E-state index is 4.53. The van der Waals surface area contributed by atoms with Gasteiger partial charge in [-0.25, -0.2) is 4.68 Å². The summed E-state index contributed by atoms with van der Waals surface area (Å²) in [6.07, 6.45) is 3.04. The van der Waals surface area contributed by atoms with E-state index >= 15 is 0 Å². The molecule has 3 nitrogen and oxygen atoms in total. The molecular formula is C16H21N3. The molecule has 1 aliphatic heterocycles. The molecule has 0 radical (unpaired) electrons. The monoisotopic (exact) mass is 255 g/mol. The van der Waals surface area contributed by atoms with E-state index in [2.05, 4.69) is 60.1 Å². The molecule has 19 heavy (non-hydrogen) atoms. The third-order valence-electron chi connectivity index (χ3n) is 3.97. The van der Waals surface area contributed by atoms with Gasteiger partial charge in [0.05, 0.1) is 12.2 Å². The Kier molecular flexibility index (Phi) is 3.05. The van der Waals surface area contributed by atoms with Crippen molar-refractivity contribution < 1.29 is 0 Å².